The van der Waals surface area contributed by atoms with Crippen LogP contribution in [0.4, 0.5) is 4.39 Å². The monoisotopic (exact) mass is 255 g/mol. The summed E-state index contributed by atoms with van der Waals surface area (Å²) >= 11 is 0. The third-order valence-electron chi connectivity index (χ3n) is 2.61. The van der Waals surface area contributed by atoms with E-state index >= 15 is 0 Å². The number of hydrogen-bond acceptors (Lipinski definition) is 3. The van der Waals surface area contributed by atoms with E-state index in [9.17, 15) is 14.6 Å². The van der Waals surface area contributed by atoms with Crippen molar-refractivity contribution in [1.82, 2.24) is 5.32 Å². The van der Waals surface area contributed by atoms with Crippen LogP contribution in [0.2, 0.25) is 0 Å². The highest BCUT2D eigenvalue weighted by molar-refractivity contribution is 5.33. The second-order valence-corrected chi connectivity index (χ2v) is 5.80. The molecule has 0 saturated carbocycles. The summed E-state index contributed by atoms with van der Waals surface area (Å²) in [4.78, 5) is 0. The molecule has 4 heteroatoms. The van der Waals surface area contributed by atoms with Gasteiger partial charge in [-0.05, 0) is 17.9 Å². The van der Waals surface area contributed by atoms with Crippen molar-refractivity contribution in [3.8, 4) is 5.75 Å². The summed E-state index contributed by atoms with van der Waals surface area (Å²) < 4.78 is 13.1. The minimum atomic E-state index is -0.621. The number of phenolic OH excluding ortho intramolecular Hbond substituents is 1. The lowest BCUT2D eigenvalue weighted by Crippen LogP contribution is -2.29. The molecule has 0 bridgehead atoms. The summed E-state index contributed by atoms with van der Waals surface area (Å²) in [6.45, 7) is 6.95. The van der Waals surface area contributed by atoms with Gasteiger partial charge in [0.1, 0.15) is 0 Å². The van der Waals surface area contributed by atoms with Gasteiger partial charge in [-0.3, -0.25) is 0 Å². The van der Waals surface area contributed by atoms with Gasteiger partial charge in [-0.2, -0.15) is 0 Å². The number of phenols is 1. The van der Waals surface area contributed by atoms with Crippen LogP contribution in [0.3, 0.4) is 0 Å². The van der Waals surface area contributed by atoms with E-state index in [-0.39, 0.29) is 11.2 Å². The molecule has 3 nitrogen and oxygen atoms in total. The Morgan fingerprint density at radius 2 is 2.00 bits per heavy atom. The van der Waals surface area contributed by atoms with Crippen LogP contribution in [0.15, 0.2) is 18.2 Å². The number of halogens is 1. The Kier molecular flexibility index (Phi) is 5.11. The fourth-order valence-electron chi connectivity index (χ4n) is 1.86. The first kappa shape index (κ1) is 14.9. The highest BCUT2D eigenvalue weighted by atomic mass is 19.1. The first-order valence-electron chi connectivity index (χ1n) is 6.15. The Morgan fingerprint density at radius 3 is 2.61 bits per heavy atom. The van der Waals surface area contributed by atoms with E-state index in [0.717, 1.165) is 0 Å². The molecule has 0 aliphatic carbocycles. The lowest BCUT2D eigenvalue weighted by atomic mass is 9.89. The molecule has 0 aliphatic rings. The van der Waals surface area contributed by atoms with Crippen LogP contribution in [0.5, 0.6) is 5.75 Å². The van der Waals surface area contributed by atoms with Gasteiger partial charge in [0.2, 0.25) is 0 Å². The molecule has 3 N–H and O–H groups in total. The van der Waals surface area contributed by atoms with Crippen LogP contribution < -0.4 is 5.32 Å². The lowest BCUT2D eigenvalue weighted by molar-refractivity contribution is 0.119. The average Bonchev–Trinajstić information content (AvgIpc) is 2.21. The number of nitrogens with one attached hydrogen (secondary N) is 1. The Bertz CT molecular complexity index is 388. The number of aliphatic hydroxyl groups is 1. The van der Waals surface area contributed by atoms with Crippen molar-refractivity contribution in [2.45, 2.75) is 39.8 Å². The van der Waals surface area contributed by atoms with Gasteiger partial charge in [0.25, 0.3) is 0 Å². The van der Waals surface area contributed by atoms with Crippen molar-refractivity contribution in [2.24, 2.45) is 5.41 Å². The molecule has 0 radical (unpaired) electrons. The molecule has 1 atom stereocenters. The summed E-state index contributed by atoms with van der Waals surface area (Å²) in [7, 11) is 0. The van der Waals surface area contributed by atoms with Crippen molar-refractivity contribution < 1.29 is 14.6 Å². The molecule has 0 aliphatic heterocycles. The molecule has 1 unspecified atom stereocenters. The zero-order valence-electron chi connectivity index (χ0n) is 11.2. The molecule has 1 aromatic rings. The number of aromatic hydroxyl groups is 1. The largest absolute Gasteiger partial charge is 0.505 e. The van der Waals surface area contributed by atoms with Gasteiger partial charge in [-0.15, -0.1) is 0 Å². The highest BCUT2D eigenvalue weighted by Crippen LogP contribution is 2.21. The molecule has 0 spiro atoms. The number of para-hydroxylation sites is 1. The highest BCUT2D eigenvalue weighted by Gasteiger charge is 2.16. The maximum Gasteiger partial charge on any atom is 0.165 e. The number of aliphatic hydroxyl groups excluding tert-OH is 1. The predicted molar refractivity (Wildman–Crippen MR) is 69.9 cm³/mol. The maximum atomic E-state index is 13.1. The molecular weight excluding hydrogens is 233 g/mol. The van der Waals surface area contributed by atoms with E-state index in [1.807, 2.05) is 0 Å². The maximum absolute atomic E-state index is 13.1. The van der Waals surface area contributed by atoms with Crippen LogP contribution in [-0.2, 0) is 6.54 Å². The fraction of sp³-hybridized carbons (Fsp3) is 0.571. The summed E-state index contributed by atoms with van der Waals surface area (Å²) in [5.74, 6) is -0.945. The van der Waals surface area contributed by atoms with Crippen LogP contribution in [-0.4, -0.2) is 22.9 Å². The van der Waals surface area contributed by atoms with E-state index in [1.54, 1.807) is 12.1 Å². The van der Waals surface area contributed by atoms with Gasteiger partial charge >= 0.3 is 0 Å². The van der Waals surface area contributed by atoms with Crippen LogP contribution >= 0.6 is 0 Å². The van der Waals surface area contributed by atoms with E-state index in [1.165, 1.54) is 6.07 Å². The molecule has 102 valence electrons. The average molecular weight is 255 g/mol. The molecule has 0 aromatic heterocycles. The first-order chi connectivity index (χ1) is 8.29. The minimum absolute atomic E-state index is 0.0715. The third-order valence-corrected chi connectivity index (χ3v) is 2.61. The SMILES string of the molecule is CC(C)(C)CC(O)CNCc1cccc(F)c1O. The second kappa shape index (κ2) is 6.16. The molecule has 1 rings (SSSR count). The van der Waals surface area contributed by atoms with Gasteiger partial charge < -0.3 is 15.5 Å². The lowest BCUT2D eigenvalue weighted by Gasteiger charge is -2.22. The molecule has 0 heterocycles. The van der Waals surface area contributed by atoms with Crippen LogP contribution in [0.1, 0.15) is 32.8 Å². The quantitative estimate of drug-likeness (QED) is 0.757. The molecule has 0 saturated heterocycles. The summed E-state index contributed by atoms with van der Waals surface area (Å²) in [6.07, 6.45) is 0.246. The van der Waals surface area contributed by atoms with Crippen LogP contribution in [0, 0.1) is 11.2 Å². The molecule has 0 fully saturated rings. The van der Waals surface area contributed by atoms with Gasteiger partial charge in [0.05, 0.1) is 6.10 Å². The van der Waals surface area contributed by atoms with Gasteiger partial charge in [-0.25, -0.2) is 4.39 Å². The standard InChI is InChI=1S/C14H22FNO2/c1-14(2,3)7-11(17)9-16-8-10-5-4-6-12(15)13(10)18/h4-6,11,16-18H,7-9H2,1-3H3. The third kappa shape index (κ3) is 5.02. The number of rotatable bonds is 5. The summed E-state index contributed by atoms with van der Waals surface area (Å²) in [5.41, 5.74) is 0.570. The first-order valence-corrected chi connectivity index (χ1v) is 6.15. The van der Waals surface area contributed by atoms with E-state index in [0.29, 0.717) is 25.1 Å². The zero-order chi connectivity index (χ0) is 13.8. The van der Waals surface area contributed by atoms with E-state index in [4.69, 9.17) is 0 Å². The Morgan fingerprint density at radius 1 is 1.33 bits per heavy atom. The Labute approximate surface area is 108 Å². The van der Waals surface area contributed by atoms with Gasteiger partial charge in [-0.1, -0.05) is 32.9 Å². The molecule has 0 amide bonds. The normalized spacial score (nSPS) is 13.6. The summed E-state index contributed by atoms with van der Waals surface area (Å²) in [6, 6.07) is 4.42. The smallest absolute Gasteiger partial charge is 0.165 e. The number of benzene rings is 1. The Hall–Kier alpha value is -1.13. The van der Waals surface area contributed by atoms with Crippen molar-refractivity contribution in [2.75, 3.05) is 6.54 Å². The predicted octanol–water partition coefficient (Wildman–Crippen LogP) is 2.42. The van der Waals surface area contributed by atoms with Crippen molar-refractivity contribution >= 4 is 0 Å². The molecule has 1 aromatic carbocycles. The van der Waals surface area contributed by atoms with Crippen molar-refractivity contribution in [3.05, 3.63) is 29.6 Å². The second-order valence-electron chi connectivity index (χ2n) is 5.80. The summed E-state index contributed by atoms with van der Waals surface area (Å²) in [5, 5.41) is 22.3. The van der Waals surface area contributed by atoms with Crippen molar-refractivity contribution in [3.63, 3.8) is 0 Å². The fourth-order valence-corrected chi connectivity index (χ4v) is 1.86. The minimum Gasteiger partial charge on any atom is -0.505 e. The van der Waals surface area contributed by atoms with E-state index in [2.05, 4.69) is 26.1 Å². The van der Waals surface area contributed by atoms with Crippen molar-refractivity contribution in [1.29, 1.82) is 0 Å². The Balaban J connectivity index is 2.40. The van der Waals surface area contributed by atoms with Gasteiger partial charge in [0, 0.05) is 18.7 Å². The molecular formula is C14H22FNO2. The number of hydrogen-bond donors (Lipinski definition) is 3. The van der Waals surface area contributed by atoms with Crippen LogP contribution in [0.25, 0.3) is 0 Å². The van der Waals surface area contributed by atoms with E-state index < -0.39 is 11.9 Å². The zero-order valence-corrected chi connectivity index (χ0v) is 11.2. The van der Waals surface area contributed by atoms with Gasteiger partial charge in [0.15, 0.2) is 11.6 Å². The molecule has 18 heavy (non-hydrogen) atoms. The topological polar surface area (TPSA) is 52.5 Å².